The fraction of sp³-hybridized carbons (Fsp3) is 0.250. The first-order valence-electron chi connectivity index (χ1n) is 6.61. The topological polar surface area (TPSA) is 41.5 Å². The van der Waals surface area contributed by atoms with E-state index in [1.165, 1.54) is 0 Å². The monoisotopic (exact) mass is 344 g/mol. The van der Waals surface area contributed by atoms with Crippen LogP contribution in [0.3, 0.4) is 0 Å². The summed E-state index contributed by atoms with van der Waals surface area (Å²) in [6, 6.07) is 11.2. The first-order valence-corrected chi connectivity index (χ1v) is 9.17. The van der Waals surface area contributed by atoms with Crippen LogP contribution in [0.4, 0.5) is 0 Å². The van der Waals surface area contributed by atoms with E-state index in [4.69, 9.17) is 21.3 Å². The Balaban J connectivity index is 0.00000242. The van der Waals surface area contributed by atoms with Crippen LogP contribution in [0.15, 0.2) is 36.4 Å². The van der Waals surface area contributed by atoms with Gasteiger partial charge >= 0.3 is 29.6 Å². The molecule has 0 spiro atoms. The van der Waals surface area contributed by atoms with Gasteiger partial charge in [0, 0.05) is 0 Å². The van der Waals surface area contributed by atoms with Gasteiger partial charge in [-0.2, -0.15) is 0 Å². The van der Waals surface area contributed by atoms with Gasteiger partial charge in [0.15, 0.2) is 11.5 Å². The average molecular weight is 344 g/mol. The van der Waals surface area contributed by atoms with Crippen LogP contribution < -0.4 is 43.5 Å². The van der Waals surface area contributed by atoms with Crippen molar-refractivity contribution in [2.45, 2.75) is 27.7 Å². The molecule has 0 N–H and O–H groups in total. The maximum Gasteiger partial charge on any atom is 1.00 e. The second-order valence-electron chi connectivity index (χ2n) is 5.17. The van der Waals surface area contributed by atoms with Gasteiger partial charge < -0.3 is 26.2 Å². The van der Waals surface area contributed by atoms with Crippen molar-refractivity contribution in [3.8, 4) is 11.5 Å². The predicted octanol–water partition coefficient (Wildman–Crippen LogP) is 0.967. The van der Waals surface area contributed by atoms with Crippen LogP contribution in [0.25, 0.3) is 0 Å². The van der Waals surface area contributed by atoms with Crippen LogP contribution in [0.2, 0.25) is 0 Å². The SMILES string of the molecule is Cc1ccc(O[P+]([O-])([S-])Oc2ccc(C)cc2C)c(C)c1.[Na+]. The number of benzene rings is 2. The summed E-state index contributed by atoms with van der Waals surface area (Å²) >= 11 is 5.00. The Morgan fingerprint density at radius 3 is 1.50 bits per heavy atom. The van der Waals surface area contributed by atoms with E-state index in [2.05, 4.69) is 0 Å². The van der Waals surface area contributed by atoms with Crippen molar-refractivity contribution in [1.29, 1.82) is 0 Å². The van der Waals surface area contributed by atoms with Crippen molar-refractivity contribution in [2.75, 3.05) is 0 Å². The van der Waals surface area contributed by atoms with E-state index in [1.54, 1.807) is 12.1 Å². The van der Waals surface area contributed by atoms with E-state index in [9.17, 15) is 4.89 Å². The second-order valence-corrected chi connectivity index (χ2v) is 7.77. The third kappa shape index (κ3) is 5.45. The Hall–Kier alpha value is -0.220. The third-order valence-electron chi connectivity index (χ3n) is 3.08. The van der Waals surface area contributed by atoms with Crippen molar-refractivity contribution in [3.05, 3.63) is 58.7 Å². The summed E-state index contributed by atoms with van der Waals surface area (Å²) in [5, 5.41) is 0. The number of aryl methyl sites for hydroxylation is 4. The molecule has 0 aromatic heterocycles. The molecule has 2 aromatic carbocycles. The maximum absolute atomic E-state index is 12.4. The normalized spacial score (nSPS) is 10.8. The minimum atomic E-state index is -3.64. The quantitative estimate of drug-likeness (QED) is 0.471. The molecule has 22 heavy (non-hydrogen) atoms. The van der Waals surface area contributed by atoms with Crippen LogP contribution in [-0.4, -0.2) is 0 Å². The zero-order valence-corrected chi connectivity index (χ0v) is 17.3. The van der Waals surface area contributed by atoms with E-state index in [0.717, 1.165) is 22.3 Å². The molecule has 0 amide bonds. The third-order valence-corrected chi connectivity index (χ3v) is 4.37. The fourth-order valence-corrected chi connectivity index (χ4v) is 3.47. The van der Waals surface area contributed by atoms with Gasteiger partial charge in [-0.1, -0.05) is 35.4 Å². The molecule has 0 radical (unpaired) electrons. The van der Waals surface area contributed by atoms with Crippen LogP contribution in [0, 0.1) is 27.7 Å². The largest absolute Gasteiger partial charge is 1.00 e. The van der Waals surface area contributed by atoms with Crippen LogP contribution in [-0.2, 0) is 12.2 Å². The molecule has 0 aliphatic carbocycles. The van der Waals surface area contributed by atoms with Crippen molar-refractivity contribution in [2.24, 2.45) is 0 Å². The van der Waals surface area contributed by atoms with Gasteiger partial charge in [0.25, 0.3) is 0 Å². The molecule has 0 bridgehead atoms. The summed E-state index contributed by atoms with van der Waals surface area (Å²) in [5.41, 5.74) is 3.97. The van der Waals surface area contributed by atoms with Gasteiger partial charge in [-0.15, -0.1) is 0 Å². The van der Waals surface area contributed by atoms with Crippen LogP contribution in [0.1, 0.15) is 22.3 Å². The molecule has 2 rings (SSSR count). The minimum absolute atomic E-state index is 0. The standard InChI is InChI=1S/C16H19O3PS.Na/c1-11-5-7-15(13(3)9-11)18-20(17,21)19-16-8-6-12(2)10-14(16)4;/h5-10H,1-4H3,(H,17,21);/q;+1/p-1. The summed E-state index contributed by atoms with van der Waals surface area (Å²) in [6.45, 7) is 7.73. The summed E-state index contributed by atoms with van der Waals surface area (Å²) in [5.74, 6) is 0.979. The molecule has 0 heterocycles. The second kappa shape index (κ2) is 8.05. The molecule has 0 unspecified atom stereocenters. The van der Waals surface area contributed by atoms with Crippen LogP contribution in [0.5, 0.6) is 11.5 Å². The number of rotatable bonds is 4. The Kier molecular flexibility index (Phi) is 7.25. The Labute approximate surface area is 160 Å². The molecule has 6 heteroatoms. The molecule has 2 aromatic rings. The first-order chi connectivity index (χ1) is 9.77. The van der Waals surface area contributed by atoms with E-state index < -0.39 is 7.15 Å². The van der Waals surface area contributed by atoms with E-state index in [1.807, 2.05) is 52.0 Å². The van der Waals surface area contributed by atoms with Gasteiger partial charge in [0.05, 0.1) is 0 Å². The molecule has 0 atom stereocenters. The summed E-state index contributed by atoms with van der Waals surface area (Å²) in [7, 11) is -3.64. The van der Waals surface area contributed by atoms with Gasteiger partial charge in [-0.3, -0.25) is 0 Å². The molecule has 0 saturated carbocycles. The zero-order valence-electron chi connectivity index (χ0n) is 13.5. The maximum atomic E-state index is 12.4. The summed E-state index contributed by atoms with van der Waals surface area (Å²) < 4.78 is 10.8. The molecule has 0 aliphatic rings. The number of hydrogen-bond donors (Lipinski definition) is 0. The van der Waals surface area contributed by atoms with E-state index in [0.29, 0.717) is 11.5 Å². The molecular weight excluding hydrogens is 326 g/mol. The van der Waals surface area contributed by atoms with Gasteiger partial charge in [0.1, 0.15) is 0 Å². The molecule has 3 nitrogen and oxygen atoms in total. The number of hydrogen-bond acceptors (Lipinski definition) is 4. The Morgan fingerprint density at radius 2 is 1.18 bits per heavy atom. The zero-order chi connectivity index (χ0) is 15.6. The predicted molar refractivity (Wildman–Crippen MR) is 87.4 cm³/mol. The van der Waals surface area contributed by atoms with Crippen molar-refractivity contribution in [1.82, 2.24) is 0 Å². The van der Waals surface area contributed by atoms with Crippen molar-refractivity contribution >= 4 is 19.4 Å². The van der Waals surface area contributed by atoms with Gasteiger partial charge in [-0.25, -0.2) is 0 Å². The molecule has 0 saturated heterocycles. The smallest absolute Gasteiger partial charge is 0.634 e. The van der Waals surface area contributed by atoms with Gasteiger partial charge in [0.2, 0.25) is 7.15 Å². The van der Waals surface area contributed by atoms with Crippen molar-refractivity contribution in [3.63, 3.8) is 0 Å². The molecule has 0 aliphatic heterocycles. The van der Waals surface area contributed by atoms with E-state index in [-0.39, 0.29) is 29.6 Å². The fourth-order valence-electron chi connectivity index (χ4n) is 2.06. The molecule has 0 fully saturated rings. The summed E-state index contributed by atoms with van der Waals surface area (Å²) in [6.07, 6.45) is 0. The molecular formula is C16H18NaO3PS. The van der Waals surface area contributed by atoms with Crippen LogP contribution >= 0.6 is 7.15 Å². The summed E-state index contributed by atoms with van der Waals surface area (Å²) in [4.78, 5) is 12.4. The van der Waals surface area contributed by atoms with Crippen molar-refractivity contribution < 1.29 is 43.5 Å². The van der Waals surface area contributed by atoms with Gasteiger partial charge in [-0.05, 0) is 51.0 Å². The Morgan fingerprint density at radius 1 is 0.818 bits per heavy atom. The van der Waals surface area contributed by atoms with E-state index >= 15 is 0 Å². The Bertz CT molecular complexity index is 606. The molecule has 112 valence electrons. The average Bonchev–Trinajstić information content (AvgIpc) is 2.36. The first kappa shape index (κ1) is 19.8. The minimum Gasteiger partial charge on any atom is -0.634 e.